The second-order valence-electron chi connectivity index (χ2n) is 5.25. The molecule has 23 heavy (non-hydrogen) atoms. The lowest BCUT2D eigenvalue weighted by Crippen LogP contribution is -2.02. The van der Waals surface area contributed by atoms with Crippen LogP contribution in [0.15, 0.2) is 33.9 Å². The third-order valence-corrected chi connectivity index (χ3v) is 4.64. The van der Waals surface area contributed by atoms with Crippen molar-refractivity contribution < 1.29 is 4.52 Å². The van der Waals surface area contributed by atoms with Crippen molar-refractivity contribution in [2.75, 3.05) is 5.73 Å². The molecule has 3 aromatic rings. The molecule has 1 aliphatic carbocycles. The van der Waals surface area contributed by atoms with Gasteiger partial charge in [0.25, 0.3) is 0 Å². The fourth-order valence-electron chi connectivity index (χ4n) is 2.25. The number of rotatable bonds is 5. The van der Waals surface area contributed by atoms with Gasteiger partial charge in [-0.3, -0.25) is 4.57 Å². The first kappa shape index (κ1) is 14.5. The molecule has 0 spiro atoms. The van der Waals surface area contributed by atoms with Crippen molar-refractivity contribution in [3.05, 3.63) is 35.2 Å². The normalized spacial score (nSPS) is 14.3. The smallest absolute Gasteiger partial charge is 0.237 e. The molecule has 7 nitrogen and oxygen atoms in total. The van der Waals surface area contributed by atoms with Crippen molar-refractivity contribution in [1.82, 2.24) is 24.9 Å². The Morgan fingerprint density at radius 3 is 3.00 bits per heavy atom. The molecule has 1 fully saturated rings. The quantitative estimate of drug-likeness (QED) is 0.707. The van der Waals surface area contributed by atoms with Gasteiger partial charge in [0.1, 0.15) is 0 Å². The summed E-state index contributed by atoms with van der Waals surface area (Å²) >= 11 is 7.47. The summed E-state index contributed by atoms with van der Waals surface area (Å²) in [6, 6.07) is 7.77. The Morgan fingerprint density at radius 2 is 2.22 bits per heavy atom. The number of nitrogen functional groups attached to an aromatic ring is 1. The molecule has 0 atom stereocenters. The van der Waals surface area contributed by atoms with E-state index < -0.39 is 0 Å². The highest BCUT2D eigenvalue weighted by atomic mass is 35.5. The van der Waals surface area contributed by atoms with Gasteiger partial charge in [0, 0.05) is 16.6 Å². The summed E-state index contributed by atoms with van der Waals surface area (Å²) in [5, 5.41) is 13.5. The average molecular weight is 349 g/mol. The van der Waals surface area contributed by atoms with E-state index in [0.717, 1.165) is 23.6 Å². The van der Waals surface area contributed by atoms with E-state index in [9.17, 15) is 0 Å². The van der Waals surface area contributed by atoms with Crippen LogP contribution in [0.25, 0.3) is 11.4 Å². The van der Waals surface area contributed by atoms with Gasteiger partial charge in [-0.15, -0.1) is 10.2 Å². The predicted molar refractivity (Wildman–Crippen MR) is 87.0 cm³/mol. The molecule has 0 bridgehead atoms. The summed E-state index contributed by atoms with van der Waals surface area (Å²) in [4.78, 5) is 4.39. The third-order valence-electron chi connectivity index (χ3n) is 3.48. The van der Waals surface area contributed by atoms with E-state index in [-0.39, 0.29) is 0 Å². The second-order valence-corrected chi connectivity index (χ2v) is 6.63. The summed E-state index contributed by atoms with van der Waals surface area (Å²) < 4.78 is 7.26. The Hall–Kier alpha value is -2.06. The van der Waals surface area contributed by atoms with Crippen LogP contribution < -0.4 is 5.73 Å². The van der Waals surface area contributed by atoms with E-state index in [1.54, 1.807) is 12.1 Å². The van der Waals surface area contributed by atoms with Crippen LogP contribution in [0.2, 0.25) is 5.02 Å². The zero-order chi connectivity index (χ0) is 15.8. The number of benzene rings is 1. The number of halogens is 1. The number of hydrogen-bond acceptors (Lipinski definition) is 7. The summed E-state index contributed by atoms with van der Waals surface area (Å²) in [6.07, 6.45) is 2.24. The van der Waals surface area contributed by atoms with Crippen LogP contribution in [0.4, 0.5) is 5.95 Å². The van der Waals surface area contributed by atoms with Gasteiger partial charge in [-0.2, -0.15) is 4.98 Å². The van der Waals surface area contributed by atoms with Gasteiger partial charge >= 0.3 is 0 Å². The molecule has 1 aliphatic rings. The Bertz CT molecular complexity index is 843. The number of thioether (sulfide) groups is 1. The Balaban J connectivity index is 1.48. The lowest BCUT2D eigenvalue weighted by atomic mass is 10.2. The molecule has 1 saturated carbocycles. The van der Waals surface area contributed by atoms with Crippen molar-refractivity contribution in [2.24, 2.45) is 0 Å². The number of aromatic nitrogens is 5. The molecule has 118 valence electrons. The fourth-order valence-corrected chi connectivity index (χ4v) is 3.29. The third kappa shape index (κ3) is 3.04. The van der Waals surface area contributed by atoms with E-state index in [1.807, 2.05) is 16.7 Å². The Labute approximate surface area is 141 Å². The molecular formula is C14H13ClN6OS. The summed E-state index contributed by atoms with van der Waals surface area (Å²) in [5.41, 5.74) is 6.68. The van der Waals surface area contributed by atoms with Gasteiger partial charge in [0.05, 0.1) is 5.75 Å². The Kier molecular flexibility index (Phi) is 3.70. The minimum absolute atomic E-state index is 0.428. The molecular weight excluding hydrogens is 336 g/mol. The highest BCUT2D eigenvalue weighted by Gasteiger charge is 2.29. The zero-order valence-electron chi connectivity index (χ0n) is 12.0. The first-order chi connectivity index (χ1) is 11.2. The zero-order valence-corrected chi connectivity index (χ0v) is 13.6. The van der Waals surface area contributed by atoms with Crippen molar-refractivity contribution >= 4 is 29.3 Å². The fraction of sp³-hybridized carbons (Fsp3) is 0.286. The van der Waals surface area contributed by atoms with Gasteiger partial charge < -0.3 is 10.3 Å². The minimum Gasteiger partial charge on any atom is -0.368 e. The monoisotopic (exact) mass is 348 g/mol. The van der Waals surface area contributed by atoms with Crippen LogP contribution in [-0.2, 0) is 5.75 Å². The van der Waals surface area contributed by atoms with Crippen LogP contribution in [0.5, 0.6) is 0 Å². The van der Waals surface area contributed by atoms with Crippen LogP contribution >= 0.6 is 23.4 Å². The molecule has 9 heteroatoms. The van der Waals surface area contributed by atoms with Gasteiger partial charge in [-0.05, 0) is 25.0 Å². The highest BCUT2D eigenvalue weighted by Crippen LogP contribution is 2.39. The second kappa shape index (κ2) is 5.86. The van der Waals surface area contributed by atoms with Crippen LogP contribution in [0.1, 0.15) is 24.8 Å². The van der Waals surface area contributed by atoms with Gasteiger partial charge in [0.2, 0.25) is 17.7 Å². The predicted octanol–water partition coefficient (Wildman–Crippen LogP) is 3.19. The molecule has 4 rings (SSSR count). The molecule has 0 unspecified atom stereocenters. The van der Waals surface area contributed by atoms with Crippen molar-refractivity contribution in [3.8, 4) is 11.4 Å². The van der Waals surface area contributed by atoms with Gasteiger partial charge in [-0.25, -0.2) is 0 Å². The standard InChI is InChI=1S/C14H13ClN6OS/c15-9-3-1-2-8(6-9)12-17-11(22-20-12)7-23-14-19-18-13(16)21(14)10-4-5-10/h1-3,6,10H,4-5,7H2,(H2,16,18). The Morgan fingerprint density at radius 1 is 1.35 bits per heavy atom. The molecule has 1 aromatic carbocycles. The minimum atomic E-state index is 0.428. The summed E-state index contributed by atoms with van der Waals surface area (Å²) in [7, 11) is 0. The highest BCUT2D eigenvalue weighted by molar-refractivity contribution is 7.98. The number of nitrogens with two attached hydrogens (primary N) is 1. The van der Waals surface area contributed by atoms with Crippen LogP contribution in [-0.4, -0.2) is 24.9 Å². The summed E-state index contributed by atoms with van der Waals surface area (Å²) in [6.45, 7) is 0. The number of hydrogen-bond donors (Lipinski definition) is 1. The van der Waals surface area contributed by atoms with E-state index in [2.05, 4.69) is 20.3 Å². The maximum Gasteiger partial charge on any atom is 0.237 e. The topological polar surface area (TPSA) is 95.7 Å². The SMILES string of the molecule is Nc1nnc(SCc2nc(-c3cccc(Cl)c3)no2)n1C1CC1. The maximum atomic E-state index is 5.98. The maximum absolute atomic E-state index is 5.98. The van der Waals surface area contributed by atoms with Crippen molar-refractivity contribution in [3.63, 3.8) is 0 Å². The van der Waals surface area contributed by atoms with E-state index in [1.165, 1.54) is 11.8 Å². The summed E-state index contributed by atoms with van der Waals surface area (Å²) in [5.74, 6) is 2.01. The van der Waals surface area contributed by atoms with Gasteiger partial charge in [0.15, 0.2) is 5.16 Å². The lowest BCUT2D eigenvalue weighted by molar-refractivity contribution is 0.391. The number of anilines is 1. The molecule has 2 N–H and O–H groups in total. The van der Waals surface area contributed by atoms with E-state index >= 15 is 0 Å². The molecule has 0 saturated heterocycles. The average Bonchev–Trinajstić information content (AvgIpc) is 3.14. The first-order valence-electron chi connectivity index (χ1n) is 7.12. The number of nitrogens with zero attached hydrogens (tertiary/aromatic N) is 5. The van der Waals surface area contributed by atoms with Gasteiger partial charge in [-0.1, -0.05) is 40.7 Å². The van der Waals surface area contributed by atoms with Crippen molar-refractivity contribution in [2.45, 2.75) is 29.8 Å². The van der Waals surface area contributed by atoms with E-state index in [0.29, 0.717) is 34.5 Å². The van der Waals surface area contributed by atoms with E-state index in [4.69, 9.17) is 21.9 Å². The lowest BCUT2D eigenvalue weighted by Gasteiger charge is -2.03. The van der Waals surface area contributed by atoms with Crippen LogP contribution in [0, 0.1) is 0 Å². The molecule has 0 aliphatic heterocycles. The van der Waals surface area contributed by atoms with Crippen LogP contribution in [0.3, 0.4) is 0 Å². The molecule has 2 heterocycles. The molecule has 2 aromatic heterocycles. The first-order valence-corrected chi connectivity index (χ1v) is 8.49. The van der Waals surface area contributed by atoms with Crippen molar-refractivity contribution in [1.29, 1.82) is 0 Å². The molecule has 0 amide bonds. The molecule has 0 radical (unpaired) electrons. The largest absolute Gasteiger partial charge is 0.368 e.